The van der Waals surface area contributed by atoms with Crippen molar-refractivity contribution in [3.8, 4) is 0 Å². The van der Waals surface area contributed by atoms with E-state index >= 15 is 0 Å². The standard InChI is InChI=1S/C11H20N2O2/c1-11(4-5-11)7-13-10(14)9-3-2-8(6-12)15-9/h8-9H,2-7,12H2,1H3,(H,13,14). The second-order valence-corrected chi connectivity index (χ2v) is 5.09. The van der Waals surface area contributed by atoms with Crippen molar-refractivity contribution in [1.29, 1.82) is 0 Å². The van der Waals surface area contributed by atoms with Gasteiger partial charge in [0.25, 0.3) is 0 Å². The summed E-state index contributed by atoms with van der Waals surface area (Å²) >= 11 is 0. The van der Waals surface area contributed by atoms with Gasteiger partial charge in [-0.1, -0.05) is 6.92 Å². The Morgan fingerprint density at radius 1 is 1.53 bits per heavy atom. The van der Waals surface area contributed by atoms with Crippen molar-refractivity contribution >= 4 is 5.91 Å². The van der Waals surface area contributed by atoms with E-state index in [1.54, 1.807) is 0 Å². The number of nitrogens with two attached hydrogens (primary N) is 1. The molecular weight excluding hydrogens is 192 g/mol. The monoisotopic (exact) mass is 212 g/mol. The predicted octanol–water partition coefficient (Wildman–Crippen LogP) is 0.409. The molecule has 1 saturated carbocycles. The van der Waals surface area contributed by atoms with Gasteiger partial charge in [0.2, 0.25) is 5.91 Å². The Balaban J connectivity index is 1.72. The topological polar surface area (TPSA) is 64.4 Å². The van der Waals surface area contributed by atoms with Crippen LogP contribution in [0.4, 0.5) is 0 Å². The van der Waals surface area contributed by atoms with Crippen LogP contribution in [0.25, 0.3) is 0 Å². The largest absolute Gasteiger partial charge is 0.364 e. The molecule has 1 amide bonds. The van der Waals surface area contributed by atoms with Crippen molar-refractivity contribution in [2.75, 3.05) is 13.1 Å². The molecule has 4 nitrogen and oxygen atoms in total. The molecule has 15 heavy (non-hydrogen) atoms. The summed E-state index contributed by atoms with van der Waals surface area (Å²) in [5.41, 5.74) is 5.86. The molecule has 2 aliphatic rings. The van der Waals surface area contributed by atoms with Gasteiger partial charge in [0.1, 0.15) is 6.10 Å². The van der Waals surface area contributed by atoms with E-state index in [-0.39, 0.29) is 18.1 Å². The van der Waals surface area contributed by atoms with Crippen molar-refractivity contribution < 1.29 is 9.53 Å². The first-order chi connectivity index (χ1) is 7.13. The smallest absolute Gasteiger partial charge is 0.249 e. The Morgan fingerprint density at radius 3 is 2.80 bits per heavy atom. The quantitative estimate of drug-likeness (QED) is 0.709. The summed E-state index contributed by atoms with van der Waals surface area (Å²) in [7, 11) is 0. The number of hydrogen-bond donors (Lipinski definition) is 2. The van der Waals surface area contributed by atoms with Crippen LogP contribution < -0.4 is 11.1 Å². The summed E-state index contributed by atoms with van der Waals surface area (Å²) < 4.78 is 5.52. The number of nitrogens with one attached hydrogen (secondary N) is 1. The van der Waals surface area contributed by atoms with Gasteiger partial charge in [-0.05, 0) is 31.1 Å². The molecule has 0 radical (unpaired) electrons. The van der Waals surface area contributed by atoms with Gasteiger partial charge >= 0.3 is 0 Å². The van der Waals surface area contributed by atoms with E-state index in [4.69, 9.17) is 10.5 Å². The minimum absolute atomic E-state index is 0.0408. The maximum absolute atomic E-state index is 11.7. The number of ether oxygens (including phenoxy) is 1. The molecule has 0 aromatic carbocycles. The van der Waals surface area contributed by atoms with Gasteiger partial charge < -0.3 is 15.8 Å². The third-order valence-corrected chi connectivity index (χ3v) is 3.46. The van der Waals surface area contributed by atoms with Crippen molar-refractivity contribution in [3.63, 3.8) is 0 Å². The molecule has 1 saturated heterocycles. The normalized spacial score (nSPS) is 32.7. The van der Waals surface area contributed by atoms with E-state index in [1.165, 1.54) is 12.8 Å². The van der Waals surface area contributed by atoms with Crippen LogP contribution in [0.15, 0.2) is 0 Å². The van der Waals surface area contributed by atoms with Gasteiger partial charge in [-0.3, -0.25) is 4.79 Å². The first kappa shape index (κ1) is 10.9. The summed E-state index contributed by atoms with van der Waals surface area (Å²) in [5, 5.41) is 2.97. The molecule has 2 unspecified atom stereocenters. The first-order valence-electron chi connectivity index (χ1n) is 5.76. The third kappa shape index (κ3) is 2.69. The average Bonchev–Trinajstić information content (AvgIpc) is 2.81. The zero-order valence-electron chi connectivity index (χ0n) is 9.29. The molecule has 2 atom stereocenters. The van der Waals surface area contributed by atoms with Crippen LogP contribution in [0, 0.1) is 5.41 Å². The number of carbonyl (C=O) groups is 1. The van der Waals surface area contributed by atoms with Crippen LogP contribution in [0.5, 0.6) is 0 Å². The predicted molar refractivity (Wildman–Crippen MR) is 57.3 cm³/mol. The number of carbonyl (C=O) groups excluding carboxylic acids is 1. The lowest BCUT2D eigenvalue weighted by Gasteiger charge is -2.14. The molecular formula is C11H20N2O2. The number of hydrogen-bond acceptors (Lipinski definition) is 3. The molecule has 86 valence electrons. The van der Waals surface area contributed by atoms with E-state index in [9.17, 15) is 4.79 Å². The fourth-order valence-electron chi connectivity index (χ4n) is 1.88. The van der Waals surface area contributed by atoms with Crippen LogP contribution in [-0.2, 0) is 9.53 Å². The highest BCUT2D eigenvalue weighted by Gasteiger charge is 2.38. The summed E-state index contributed by atoms with van der Waals surface area (Å²) in [6.07, 6.45) is 3.99. The fraction of sp³-hybridized carbons (Fsp3) is 0.909. The summed E-state index contributed by atoms with van der Waals surface area (Å²) in [6.45, 7) is 3.51. The van der Waals surface area contributed by atoms with Gasteiger partial charge in [-0.25, -0.2) is 0 Å². The third-order valence-electron chi connectivity index (χ3n) is 3.46. The second-order valence-electron chi connectivity index (χ2n) is 5.09. The van der Waals surface area contributed by atoms with Crippen LogP contribution >= 0.6 is 0 Å². The van der Waals surface area contributed by atoms with Crippen LogP contribution in [0.2, 0.25) is 0 Å². The van der Waals surface area contributed by atoms with Gasteiger partial charge in [0.15, 0.2) is 0 Å². The zero-order chi connectivity index (χ0) is 10.9. The highest BCUT2D eigenvalue weighted by Crippen LogP contribution is 2.44. The van der Waals surface area contributed by atoms with E-state index < -0.39 is 0 Å². The van der Waals surface area contributed by atoms with Crippen LogP contribution in [0.3, 0.4) is 0 Å². The zero-order valence-corrected chi connectivity index (χ0v) is 9.29. The average molecular weight is 212 g/mol. The molecule has 2 rings (SSSR count). The van der Waals surface area contributed by atoms with E-state index in [1.807, 2.05) is 0 Å². The van der Waals surface area contributed by atoms with Crippen LogP contribution in [0.1, 0.15) is 32.6 Å². The lowest BCUT2D eigenvalue weighted by Crippen LogP contribution is -2.38. The Kier molecular flexibility index (Phi) is 2.98. The molecule has 0 aromatic heterocycles. The van der Waals surface area contributed by atoms with Gasteiger partial charge in [0, 0.05) is 13.1 Å². The van der Waals surface area contributed by atoms with Crippen molar-refractivity contribution in [2.45, 2.75) is 44.8 Å². The van der Waals surface area contributed by atoms with E-state index in [2.05, 4.69) is 12.2 Å². The highest BCUT2D eigenvalue weighted by atomic mass is 16.5. The molecule has 1 aliphatic carbocycles. The molecule has 0 bridgehead atoms. The van der Waals surface area contributed by atoms with Gasteiger partial charge in [-0.2, -0.15) is 0 Å². The molecule has 1 heterocycles. The van der Waals surface area contributed by atoms with E-state index in [0.717, 1.165) is 19.4 Å². The highest BCUT2D eigenvalue weighted by molar-refractivity contribution is 5.81. The minimum Gasteiger partial charge on any atom is -0.364 e. The molecule has 1 aliphatic heterocycles. The molecule has 0 aromatic rings. The molecule has 3 N–H and O–H groups in total. The summed E-state index contributed by atoms with van der Waals surface area (Å²) in [5.74, 6) is 0.0408. The van der Waals surface area contributed by atoms with Crippen LogP contribution in [-0.4, -0.2) is 31.2 Å². The summed E-state index contributed by atoms with van der Waals surface area (Å²) in [6, 6.07) is 0. The van der Waals surface area contributed by atoms with Crippen molar-refractivity contribution in [2.24, 2.45) is 11.1 Å². The lowest BCUT2D eigenvalue weighted by molar-refractivity contribution is -0.132. The number of amides is 1. The van der Waals surface area contributed by atoms with Crippen molar-refractivity contribution in [1.82, 2.24) is 5.32 Å². The van der Waals surface area contributed by atoms with Gasteiger partial charge in [0.05, 0.1) is 6.10 Å². The maximum Gasteiger partial charge on any atom is 0.249 e. The van der Waals surface area contributed by atoms with Crippen molar-refractivity contribution in [3.05, 3.63) is 0 Å². The first-order valence-corrected chi connectivity index (χ1v) is 5.76. The molecule has 2 fully saturated rings. The van der Waals surface area contributed by atoms with Gasteiger partial charge in [-0.15, -0.1) is 0 Å². The second kappa shape index (κ2) is 4.10. The Hall–Kier alpha value is -0.610. The fourth-order valence-corrected chi connectivity index (χ4v) is 1.88. The Morgan fingerprint density at radius 2 is 2.27 bits per heavy atom. The van der Waals surface area contributed by atoms with E-state index in [0.29, 0.717) is 12.0 Å². The Labute approximate surface area is 90.5 Å². The maximum atomic E-state index is 11.7. The number of rotatable bonds is 4. The lowest BCUT2D eigenvalue weighted by atomic mass is 10.1. The Bertz CT molecular complexity index is 251. The molecule has 0 spiro atoms. The molecule has 4 heteroatoms. The SMILES string of the molecule is CC1(CNC(=O)C2CCC(CN)O2)CC1. The summed E-state index contributed by atoms with van der Waals surface area (Å²) in [4.78, 5) is 11.7. The minimum atomic E-state index is -0.263.